The molecule has 8 rings (SSSR count). The fourth-order valence-corrected chi connectivity index (χ4v) is 5.87. The largest absolute Gasteiger partial charge is 0.334 e. The molecule has 36 heavy (non-hydrogen) atoms. The monoisotopic (exact) mass is 462 g/mol. The lowest BCUT2D eigenvalue weighted by Crippen LogP contribution is -2.04. The van der Waals surface area contributed by atoms with Crippen molar-refractivity contribution in [1.29, 1.82) is 0 Å². The maximum absolute atomic E-state index is 4.74. The lowest BCUT2D eigenvalue weighted by Gasteiger charge is -2.17. The second kappa shape index (κ2) is 7.09. The number of rotatable bonds is 2. The van der Waals surface area contributed by atoms with Crippen molar-refractivity contribution in [3.05, 3.63) is 116 Å². The quantitative estimate of drug-likeness (QED) is 0.258. The first-order valence-electron chi connectivity index (χ1n) is 12.2. The van der Waals surface area contributed by atoms with E-state index in [2.05, 4.69) is 130 Å². The van der Waals surface area contributed by atoms with Crippen LogP contribution in [0, 0.1) is 0 Å². The van der Waals surface area contributed by atoms with Gasteiger partial charge in [0.05, 0.1) is 50.8 Å². The number of fused-ring (bicyclic) bond motifs is 7. The Kier molecular flexibility index (Phi) is 3.84. The summed E-state index contributed by atoms with van der Waals surface area (Å²) < 4.78 is 6.91. The summed E-state index contributed by atoms with van der Waals surface area (Å²) in [5.41, 5.74) is 9.12. The number of hydrogen-bond acceptors (Lipinski definition) is 1. The van der Waals surface area contributed by atoms with Gasteiger partial charge in [0.1, 0.15) is 0 Å². The second-order valence-corrected chi connectivity index (χ2v) is 9.42. The Morgan fingerprint density at radius 1 is 0.472 bits per heavy atom. The zero-order chi connectivity index (χ0) is 23.8. The van der Waals surface area contributed by atoms with Crippen LogP contribution in [0.2, 0.25) is 0 Å². The number of aromatic nitrogens is 4. The van der Waals surface area contributed by atoms with E-state index in [0.29, 0.717) is 0 Å². The highest BCUT2D eigenvalue weighted by atomic mass is 15.1. The van der Waals surface area contributed by atoms with Gasteiger partial charge in [0.25, 0.3) is 0 Å². The molecule has 0 bridgehead atoms. The molecule has 0 aliphatic rings. The van der Waals surface area contributed by atoms with Crippen molar-refractivity contribution >= 4 is 54.6 Å². The SMILES string of the molecule is Cn1cnc2cc(-n3c4ccccc4c4ccccc43)c(-n3c4ccccc4c4ccccc43)cc21. The normalized spacial score (nSPS) is 12.0. The van der Waals surface area contributed by atoms with Crippen molar-refractivity contribution < 1.29 is 0 Å². The Morgan fingerprint density at radius 2 is 0.861 bits per heavy atom. The fraction of sp³-hybridized carbons (Fsp3) is 0.0312. The summed E-state index contributed by atoms with van der Waals surface area (Å²) in [6.07, 6.45) is 1.90. The molecule has 0 spiro atoms. The van der Waals surface area contributed by atoms with Gasteiger partial charge >= 0.3 is 0 Å². The zero-order valence-electron chi connectivity index (χ0n) is 19.8. The molecular weight excluding hydrogens is 440 g/mol. The Morgan fingerprint density at radius 3 is 1.31 bits per heavy atom. The summed E-state index contributed by atoms with van der Waals surface area (Å²) in [6, 6.07) is 39.3. The van der Waals surface area contributed by atoms with Gasteiger partial charge in [0.15, 0.2) is 0 Å². The van der Waals surface area contributed by atoms with E-state index in [1.54, 1.807) is 0 Å². The van der Waals surface area contributed by atoms with Gasteiger partial charge in [-0.05, 0) is 36.4 Å². The number of aryl methyl sites for hydroxylation is 1. The second-order valence-electron chi connectivity index (χ2n) is 9.42. The van der Waals surface area contributed by atoms with Crippen LogP contribution in [-0.2, 0) is 7.05 Å². The summed E-state index contributed by atoms with van der Waals surface area (Å²) >= 11 is 0. The Balaban J connectivity index is 1.61. The van der Waals surface area contributed by atoms with Crippen molar-refractivity contribution in [1.82, 2.24) is 18.7 Å². The molecule has 0 aliphatic heterocycles. The van der Waals surface area contributed by atoms with Gasteiger partial charge in [-0.15, -0.1) is 0 Å². The predicted octanol–water partition coefficient (Wildman–Crippen LogP) is 7.77. The molecule has 5 aromatic carbocycles. The van der Waals surface area contributed by atoms with Crippen molar-refractivity contribution in [2.45, 2.75) is 0 Å². The molecule has 0 saturated carbocycles. The third-order valence-electron chi connectivity index (χ3n) is 7.46. The Hall–Kier alpha value is -4.83. The van der Waals surface area contributed by atoms with Gasteiger partial charge in [0.2, 0.25) is 0 Å². The molecule has 0 N–H and O–H groups in total. The van der Waals surface area contributed by atoms with Gasteiger partial charge in [-0.3, -0.25) is 0 Å². The zero-order valence-corrected chi connectivity index (χ0v) is 19.8. The first kappa shape index (κ1) is 19.5. The highest BCUT2D eigenvalue weighted by Crippen LogP contribution is 2.39. The van der Waals surface area contributed by atoms with E-state index < -0.39 is 0 Å². The molecule has 0 saturated heterocycles. The molecular formula is C32H22N4. The molecule has 0 atom stereocenters. The number of benzene rings is 5. The molecule has 3 heterocycles. The van der Waals surface area contributed by atoms with Crippen molar-refractivity contribution in [2.75, 3.05) is 0 Å². The molecule has 3 aromatic heterocycles. The van der Waals surface area contributed by atoms with Gasteiger partial charge < -0.3 is 13.7 Å². The van der Waals surface area contributed by atoms with E-state index in [-0.39, 0.29) is 0 Å². The molecule has 8 aromatic rings. The molecule has 0 unspecified atom stereocenters. The summed E-state index contributed by atoms with van der Waals surface area (Å²) in [4.78, 5) is 4.74. The van der Waals surface area contributed by atoms with Crippen LogP contribution in [0.25, 0.3) is 66.0 Å². The highest BCUT2D eigenvalue weighted by Gasteiger charge is 2.20. The van der Waals surface area contributed by atoms with E-state index in [1.165, 1.54) is 43.6 Å². The van der Waals surface area contributed by atoms with Crippen LogP contribution < -0.4 is 0 Å². The van der Waals surface area contributed by atoms with E-state index in [0.717, 1.165) is 22.4 Å². The van der Waals surface area contributed by atoms with Crippen LogP contribution in [-0.4, -0.2) is 18.7 Å². The van der Waals surface area contributed by atoms with E-state index in [4.69, 9.17) is 4.98 Å². The topological polar surface area (TPSA) is 27.7 Å². The average molecular weight is 463 g/mol. The Labute approximate surface area is 207 Å². The van der Waals surface area contributed by atoms with Gasteiger partial charge in [0, 0.05) is 28.6 Å². The first-order valence-corrected chi connectivity index (χ1v) is 12.2. The molecule has 4 heteroatoms. The van der Waals surface area contributed by atoms with Crippen LogP contribution in [0.5, 0.6) is 0 Å². The maximum atomic E-state index is 4.74. The molecule has 0 radical (unpaired) electrons. The van der Waals surface area contributed by atoms with Crippen molar-refractivity contribution in [2.24, 2.45) is 7.05 Å². The summed E-state index contributed by atoms with van der Waals surface area (Å²) in [5.74, 6) is 0. The van der Waals surface area contributed by atoms with E-state index >= 15 is 0 Å². The standard InChI is InChI=1S/C32H22N4/c1-34-20-33-25-18-31(35-26-14-6-2-10-21(26)22-11-3-7-15-27(22)35)32(19-30(25)34)36-28-16-8-4-12-23(28)24-13-5-9-17-29(24)36/h2-20H,1H3. The van der Waals surface area contributed by atoms with E-state index in [1.807, 2.05) is 6.33 Å². The lowest BCUT2D eigenvalue weighted by atomic mass is 10.2. The van der Waals surface area contributed by atoms with Crippen molar-refractivity contribution in [3.8, 4) is 11.4 Å². The summed E-state index contributed by atoms with van der Waals surface area (Å²) in [5, 5.41) is 5.02. The molecule has 170 valence electrons. The van der Waals surface area contributed by atoms with Gasteiger partial charge in [-0.25, -0.2) is 4.98 Å². The molecule has 4 nitrogen and oxygen atoms in total. The fourth-order valence-electron chi connectivity index (χ4n) is 5.87. The predicted molar refractivity (Wildman–Crippen MR) is 149 cm³/mol. The lowest BCUT2D eigenvalue weighted by molar-refractivity contribution is 0.946. The van der Waals surface area contributed by atoms with Crippen LogP contribution in [0.1, 0.15) is 0 Å². The number of para-hydroxylation sites is 4. The summed E-state index contributed by atoms with van der Waals surface area (Å²) in [7, 11) is 2.06. The number of imidazole rings is 1. The highest BCUT2D eigenvalue weighted by molar-refractivity contribution is 6.12. The average Bonchev–Trinajstić information content (AvgIpc) is 3.57. The minimum absolute atomic E-state index is 0.985. The third-order valence-corrected chi connectivity index (χ3v) is 7.46. The molecule has 0 fully saturated rings. The van der Waals surface area contributed by atoms with Crippen LogP contribution in [0.4, 0.5) is 0 Å². The van der Waals surface area contributed by atoms with E-state index in [9.17, 15) is 0 Å². The minimum Gasteiger partial charge on any atom is -0.334 e. The molecule has 0 aliphatic carbocycles. The van der Waals surface area contributed by atoms with Crippen LogP contribution in [0.15, 0.2) is 116 Å². The smallest absolute Gasteiger partial charge is 0.0955 e. The van der Waals surface area contributed by atoms with Crippen LogP contribution >= 0.6 is 0 Å². The summed E-state index contributed by atoms with van der Waals surface area (Å²) in [6.45, 7) is 0. The Bertz CT molecular complexity index is 2010. The third kappa shape index (κ3) is 2.50. The van der Waals surface area contributed by atoms with Gasteiger partial charge in [-0.2, -0.15) is 0 Å². The van der Waals surface area contributed by atoms with Crippen molar-refractivity contribution in [3.63, 3.8) is 0 Å². The number of hydrogen-bond donors (Lipinski definition) is 0. The maximum Gasteiger partial charge on any atom is 0.0955 e. The van der Waals surface area contributed by atoms with Crippen LogP contribution in [0.3, 0.4) is 0 Å². The molecule has 0 amide bonds. The number of nitrogens with zero attached hydrogens (tertiary/aromatic N) is 4. The minimum atomic E-state index is 0.985. The van der Waals surface area contributed by atoms with Gasteiger partial charge in [-0.1, -0.05) is 72.8 Å². The first-order chi connectivity index (χ1) is 17.8.